The number of Topliss-reactive ketones (excluding diaryl/α,β-unsaturated/α-hetero) is 1. The molecule has 14 atom stereocenters. The smallest absolute Gasteiger partial charge is 0.225 e. The first-order chi connectivity index (χ1) is 23.5. The van der Waals surface area contributed by atoms with Crippen LogP contribution in [-0.2, 0) is 14.3 Å². The predicted molar refractivity (Wildman–Crippen MR) is 199 cm³/mol. The maximum Gasteiger partial charge on any atom is 0.225 e. The highest BCUT2D eigenvalue weighted by atomic mass is 16.5. The third-order valence-corrected chi connectivity index (χ3v) is 11.7. The Balaban J connectivity index is 1.81. The Morgan fingerprint density at radius 2 is 1.68 bits per heavy atom. The van der Waals surface area contributed by atoms with Crippen LogP contribution in [0.5, 0.6) is 0 Å². The fourth-order valence-electron chi connectivity index (χ4n) is 7.44. The number of aliphatic hydroxyl groups is 5. The Morgan fingerprint density at radius 3 is 2.32 bits per heavy atom. The maximum atomic E-state index is 12.9. The molecule has 1 amide bonds. The monoisotopic (exact) mass is 704 g/mol. The van der Waals surface area contributed by atoms with Gasteiger partial charge in [0.2, 0.25) is 5.91 Å². The van der Waals surface area contributed by atoms with Gasteiger partial charge in [-0.15, -0.1) is 0 Å². The standard InChI is InChI=1S/C41H69NO8/c1-10-33-23-28(5)41(42-40(33)49)32(9)39(48)31(8)37(50-41)24-36(46)26(3)18-14-11-13-17-25(2)34(44)19-15-12-16-20-35(45)30(7)38(47)27(4)21-22-29(6)43/h11-13,15-17,20,26-28,30-39,44-48H,10,14,18-19,21-24H2,1-9H3,(H,42,49)/b13-11+,15-12+,20-16+,25-17+. The number of rotatable bonds is 19. The molecule has 2 aliphatic rings. The van der Waals surface area contributed by atoms with E-state index in [2.05, 4.69) is 12.2 Å². The molecule has 0 radical (unpaired) electrons. The van der Waals surface area contributed by atoms with Crippen molar-refractivity contribution in [3.8, 4) is 0 Å². The molecule has 2 aliphatic heterocycles. The summed E-state index contributed by atoms with van der Waals surface area (Å²) in [7, 11) is 0. The van der Waals surface area contributed by atoms with E-state index in [1.807, 2.05) is 65.8 Å². The fraction of sp³-hybridized carbons (Fsp3) is 0.756. The van der Waals surface area contributed by atoms with Crippen LogP contribution in [0.2, 0.25) is 0 Å². The zero-order valence-electron chi connectivity index (χ0n) is 32.2. The Kier molecular flexibility index (Phi) is 18.3. The summed E-state index contributed by atoms with van der Waals surface area (Å²) in [6, 6.07) is 0. The van der Waals surface area contributed by atoms with Gasteiger partial charge >= 0.3 is 0 Å². The Labute approximate surface area is 302 Å². The predicted octanol–water partition coefficient (Wildman–Crippen LogP) is 5.79. The highest BCUT2D eigenvalue weighted by Gasteiger charge is 2.57. The van der Waals surface area contributed by atoms with Crippen LogP contribution in [0, 0.1) is 41.4 Å². The van der Waals surface area contributed by atoms with Gasteiger partial charge in [0.15, 0.2) is 0 Å². The number of ketones is 1. The second-order valence-corrected chi connectivity index (χ2v) is 15.6. The van der Waals surface area contributed by atoms with Crippen LogP contribution in [0.1, 0.15) is 114 Å². The molecule has 0 aromatic heterocycles. The lowest BCUT2D eigenvalue weighted by Gasteiger charge is -2.56. The van der Waals surface area contributed by atoms with E-state index in [0.717, 1.165) is 24.8 Å². The second-order valence-electron chi connectivity index (χ2n) is 15.6. The van der Waals surface area contributed by atoms with Gasteiger partial charge in [-0.05, 0) is 69.8 Å². The molecule has 0 aromatic rings. The lowest BCUT2D eigenvalue weighted by Crippen LogP contribution is -2.71. The molecule has 9 heteroatoms. The topological polar surface area (TPSA) is 157 Å². The number of amides is 1. The molecule has 2 fully saturated rings. The minimum Gasteiger partial charge on any atom is -0.393 e. The van der Waals surface area contributed by atoms with Crippen LogP contribution in [-0.4, -0.2) is 79.6 Å². The number of piperidine rings is 1. The van der Waals surface area contributed by atoms with E-state index in [4.69, 9.17) is 4.74 Å². The molecular formula is C41H69NO8. The number of ether oxygens (including phenoxy) is 1. The van der Waals surface area contributed by atoms with Gasteiger partial charge in [0.1, 0.15) is 11.5 Å². The molecule has 9 nitrogen and oxygen atoms in total. The van der Waals surface area contributed by atoms with Crippen molar-refractivity contribution in [3.63, 3.8) is 0 Å². The molecule has 1 spiro atoms. The summed E-state index contributed by atoms with van der Waals surface area (Å²) < 4.78 is 6.65. The van der Waals surface area contributed by atoms with Crippen LogP contribution in [0.25, 0.3) is 0 Å². The number of hydrogen-bond donors (Lipinski definition) is 6. The average Bonchev–Trinajstić information content (AvgIpc) is 3.08. The fourth-order valence-corrected chi connectivity index (χ4v) is 7.44. The molecule has 50 heavy (non-hydrogen) atoms. The molecule has 2 saturated heterocycles. The third kappa shape index (κ3) is 12.2. The van der Waals surface area contributed by atoms with Crippen molar-refractivity contribution >= 4 is 11.7 Å². The summed E-state index contributed by atoms with van der Waals surface area (Å²) in [5, 5.41) is 57.0. The average molecular weight is 704 g/mol. The SMILES string of the molecule is CCC1CC(C)C2(NC1=O)OC(CC(O)C(C)CC/C=C/C=C(\C)C(O)C/C=C/C=C/C(O)C(C)C(O)C(C)CCC(C)=O)C(C)C(O)C2C. The van der Waals surface area contributed by atoms with E-state index in [1.165, 1.54) is 6.92 Å². The van der Waals surface area contributed by atoms with Crippen molar-refractivity contribution in [2.24, 2.45) is 41.4 Å². The largest absolute Gasteiger partial charge is 0.393 e. The Bertz CT molecular complexity index is 1180. The molecule has 14 unspecified atom stereocenters. The molecule has 0 aromatic carbocycles. The summed E-state index contributed by atoms with van der Waals surface area (Å²) in [4.78, 5) is 24.1. The molecule has 0 saturated carbocycles. The minimum atomic E-state index is -0.935. The first-order valence-electron chi connectivity index (χ1n) is 19.0. The van der Waals surface area contributed by atoms with Gasteiger partial charge in [-0.2, -0.15) is 0 Å². The summed E-state index contributed by atoms with van der Waals surface area (Å²) in [5.74, 6) is -0.844. The van der Waals surface area contributed by atoms with E-state index < -0.39 is 36.2 Å². The van der Waals surface area contributed by atoms with Crippen molar-refractivity contribution in [2.45, 2.75) is 156 Å². The van der Waals surface area contributed by atoms with Gasteiger partial charge in [-0.25, -0.2) is 0 Å². The number of aliphatic hydroxyl groups excluding tert-OH is 5. The van der Waals surface area contributed by atoms with Crippen molar-refractivity contribution in [1.29, 1.82) is 0 Å². The van der Waals surface area contributed by atoms with E-state index in [9.17, 15) is 35.1 Å². The lowest BCUT2D eigenvalue weighted by atomic mass is 9.69. The zero-order chi connectivity index (χ0) is 37.8. The molecule has 2 heterocycles. The summed E-state index contributed by atoms with van der Waals surface area (Å²) in [6.45, 7) is 17.1. The highest BCUT2D eigenvalue weighted by molar-refractivity contribution is 5.80. The normalized spacial score (nSPS) is 32.3. The van der Waals surface area contributed by atoms with Crippen LogP contribution in [0.15, 0.2) is 48.1 Å². The van der Waals surface area contributed by atoms with E-state index in [-0.39, 0.29) is 59.2 Å². The molecule has 2 rings (SSSR count). The molecule has 0 aliphatic carbocycles. The van der Waals surface area contributed by atoms with E-state index >= 15 is 0 Å². The van der Waals surface area contributed by atoms with Crippen LogP contribution < -0.4 is 5.32 Å². The molecule has 6 N–H and O–H groups in total. The number of carbonyl (C=O) groups is 2. The minimum absolute atomic E-state index is 0.000468. The number of nitrogens with one attached hydrogen (secondary N) is 1. The highest BCUT2D eigenvalue weighted by Crippen LogP contribution is 2.46. The number of carbonyl (C=O) groups excluding carboxylic acids is 2. The first-order valence-corrected chi connectivity index (χ1v) is 19.0. The van der Waals surface area contributed by atoms with Gasteiger partial charge in [0.25, 0.3) is 0 Å². The molecular weight excluding hydrogens is 634 g/mol. The van der Waals surface area contributed by atoms with Crippen molar-refractivity contribution in [3.05, 3.63) is 48.1 Å². The maximum absolute atomic E-state index is 12.9. The van der Waals surface area contributed by atoms with Crippen molar-refractivity contribution in [1.82, 2.24) is 5.32 Å². The van der Waals surface area contributed by atoms with Crippen LogP contribution in [0.4, 0.5) is 0 Å². The Morgan fingerprint density at radius 1 is 1.00 bits per heavy atom. The third-order valence-electron chi connectivity index (χ3n) is 11.7. The van der Waals surface area contributed by atoms with E-state index in [1.54, 1.807) is 25.2 Å². The van der Waals surface area contributed by atoms with Crippen LogP contribution >= 0.6 is 0 Å². The summed E-state index contributed by atoms with van der Waals surface area (Å²) in [6.07, 6.45) is 13.7. The summed E-state index contributed by atoms with van der Waals surface area (Å²) in [5.41, 5.74) is -0.117. The quantitative estimate of drug-likeness (QED) is 0.0924. The van der Waals surface area contributed by atoms with Gasteiger partial charge in [-0.3, -0.25) is 4.79 Å². The van der Waals surface area contributed by atoms with Gasteiger partial charge in [0, 0.05) is 42.4 Å². The van der Waals surface area contributed by atoms with E-state index in [0.29, 0.717) is 32.1 Å². The summed E-state index contributed by atoms with van der Waals surface area (Å²) >= 11 is 0. The van der Waals surface area contributed by atoms with Gasteiger partial charge in [-0.1, -0.05) is 91.0 Å². The lowest BCUT2D eigenvalue weighted by molar-refractivity contribution is -0.267. The zero-order valence-corrected chi connectivity index (χ0v) is 32.2. The molecule has 286 valence electrons. The van der Waals surface area contributed by atoms with Crippen molar-refractivity contribution < 1.29 is 39.9 Å². The number of hydrogen-bond acceptors (Lipinski definition) is 8. The van der Waals surface area contributed by atoms with Gasteiger partial charge < -0.3 is 40.4 Å². The van der Waals surface area contributed by atoms with Gasteiger partial charge in [0.05, 0.1) is 36.6 Å². The Hall–Kier alpha value is -2.14. The first kappa shape index (κ1) is 44.0. The van der Waals surface area contributed by atoms with Crippen LogP contribution in [0.3, 0.4) is 0 Å². The second kappa shape index (κ2) is 20.8. The molecule has 0 bridgehead atoms. The number of allylic oxidation sites excluding steroid dienone is 5. The van der Waals surface area contributed by atoms with Crippen molar-refractivity contribution in [2.75, 3.05) is 0 Å².